The number of allylic oxidation sites excluding steroid dienone is 4. The van der Waals surface area contributed by atoms with E-state index < -0.39 is 58.9 Å². The first-order valence-electron chi connectivity index (χ1n) is 15.6. The predicted molar refractivity (Wildman–Crippen MR) is 159 cm³/mol. The second kappa shape index (κ2) is 10.3. The average Bonchev–Trinajstić information content (AvgIpc) is 3.51. The molecule has 1 saturated heterocycles. The van der Waals surface area contributed by atoms with E-state index in [4.69, 9.17) is 9.47 Å². The van der Waals surface area contributed by atoms with E-state index in [0.29, 0.717) is 31.3 Å². The van der Waals surface area contributed by atoms with E-state index in [1.807, 2.05) is 55.5 Å². The number of hydrogen-bond donors (Lipinski definition) is 3. The molecule has 0 spiro atoms. The third kappa shape index (κ3) is 3.91. The lowest BCUT2D eigenvalue weighted by Crippen LogP contribution is -2.69. The van der Waals surface area contributed by atoms with E-state index in [1.54, 1.807) is 13.0 Å². The Morgan fingerprint density at radius 2 is 1.80 bits per heavy atom. The third-order valence-corrected chi connectivity index (χ3v) is 11.8. The molecule has 1 aliphatic heterocycles. The topological polar surface area (TPSA) is 113 Å². The molecule has 44 heavy (non-hydrogen) atoms. The van der Waals surface area contributed by atoms with Crippen LogP contribution in [0.5, 0.6) is 0 Å². The molecule has 5 aliphatic rings. The second-order valence-corrected chi connectivity index (χ2v) is 13.8. The lowest BCUT2D eigenvalue weighted by molar-refractivity contribution is -0.231. The summed E-state index contributed by atoms with van der Waals surface area (Å²) in [6.07, 6.45) is 3.46. The molecule has 2 aromatic rings. The number of carbonyl (C=O) groups is 2. The standard InChI is InChI=1S/C36H39FO7/c1-33-13-12-26(40)16-25(33)10-11-27-28-17-31-36(30(42)20-39,34(28,2)18-29(41)35(27,33)37)44-32(43-31)24-8-6-21(7-9-24)14-22-4-3-5-23(15-22)19-38/h3-9,12-13,15-16,27-29,31-32,38-39,41H,10-11,14,17-20H2,1-2H3/t27-,28-,29-,31+,32+,33-,34-,35-,36+/m0/s1. The lowest BCUT2D eigenvalue weighted by atomic mass is 9.44. The molecule has 2 aromatic carbocycles. The van der Waals surface area contributed by atoms with Crippen molar-refractivity contribution in [2.24, 2.45) is 22.7 Å². The van der Waals surface area contributed by atoms with Gasteiger partial charge >= 0.3 is 0 Å². The van der Waals surface area contributed by atoms with Crippen LogP contribution in [0.15, 0.2) is 72.3 Å². The van der Waals surface area contributed by atoms with Crippen molar-refractivity contribution in [1.29, 1.82) is 0 Å². The van der Waals surface area contributed by atoms with Gasteiger partial charge in [-0.3, -0.25) is 9.59 Å². The zero-order chi connectivity index (χ0) is 31.1. The normalized spacial score (nSPS) is 40.5. The van der Waals surface area contributed by atoms with Gasteiger partial charge in [0.1, 0.15) is 6.61 Å². The highest BCUT2D eigenvalue weighted by Gasteiger charge is 2.79. The van der Waals surface area contributed by atoms with Crippen molar-refractivity contribution < 1.29 is 38.8 Å². The molecule has 0 aromatic heterocycles. The molecule has 3 N–H and O–H groups in total. The lowest BCUT2D eigenvalue weighted by Gasteiger charge is -2.62. The Kier molecular flexibility index (Phi) is 6.92. The number of ether oxygens (including phenoxy) is 2. The Bertz CT molecular complexity index is 1570. The molecule has 7 rings (SSSR count). The fourth-order valence-corrected chi connectivity index (χ4v) is 9.59. The van der Waals surface area contributed by atoms with Gasteiger partial charge in [-0.2, -0.15) is 0 Å². The summed E-state index contributed by atoms with van der Waals surface area (Å²) >= 11 is 0. The van der Waals surface area contributed by atoms with Crippen LogP contribution in [0.3, 0.4) is 0 Å². The maximum atomic E-state index is 17.5. The molecule has 1 heterocycles. The summed E-state index contributed by atoms with van der Waals surface area (Å²) in [7, 11) is 0. The van der Waals surface area contributed by atoms with Gasteiger partial charge in [0.2, 0.25) is 0 Å². The smallest absolute Gasteiger partial charge is 0.193 e. The van der Waals surface area contributed by atoms with E-state index in [9.17, 15) is 24.9 Å². The summed E-state index contributed by atoms with van der Waals surface area (Å²) in [5, 5.41) is 31.3. The van der Waals surface area contributed by atoms with Crippen LogP contribution in [0.25, 0.3) is 0 Å². The van der Waals surface area contributed by atoms with Gasteiger partial charge in [-0.05, 0) is 73.8 Å². The first-order valence-corrected chi connectivity index (χ1v) is 15.6. The van der Waals surface area contributed by atoms with Crippen LogP contribution in [0.1, 0.15) is 68.1 Å². The van der Waals surface area contributed by atoms with Crippen molar-refractivity contribution in [2.45, 2.75) is 82.3 Å². The van der Waals surface area contributed by atoms with E-state index in [1.165, 1.54) is 12.2 Å². The van der Waals surface area contributed by atoms with Crippen LogP contribution < -0.4 is 0 Å². The Labute approximate surface area is 256 Å². The Morgan fingerprint density at radius 3 is 2.52 bits per heavy atom. The number of fused-ring (bicyclic) bond motifs is 7. The predicted octanol–water partition coefficient (Wildman–Crippen LogP) is 4.46. The van der Waals surface area contributed by atoms with Gasteiger partial charge in [0, 0.05) is 22.3 Å². The number of aliphatic hydroxyl groups excluding tert-OH is 3. The highest BCUT2D eigenvalue weighted by molar-refractivity contribution is 6.01. The largest absolute Gasteiger partial charge is 0.392 e. The molecule has 0 amide bonds. The summed E-state index contributed by atoms with van der Waals surface area (Å²) in [6, 6.07) is 15.5. The summed E-state index contributed by atoms with van der Waals surface area (Å²) in [4.78, 5) is 25.9. The highest BCUT2D eigenvalue weighted by atomic mass is 19.1. The zero-order valence-electron chi connectivity index (χ0n) is 25.0. The quantitative estimate of drug-likeness (QED) is 0.448. The zero-order valence-corrected chi connectivity index (χ0v) is 25.0. The average molecular weight is 603 g/mol. The van der Waals surface area contributed by atoms with Crippen LogP contribution in [0.2, 0.25) is 0 Å². The maximum absolute atomic E-state index is 17.5. The van der Waals surface area contributed by atoms with E-state index in [0.717, 1.165) is 22.3 Å². The summed E-state index contributed by atoms with van der Waals surface area (Å²) < 4.78 is 30.6. The van der Waals surface area contributed by atoms with Gasteiger partial charge in [0.05, 0.1) is 18.8 Å². The Morgan fingerprint density at radius 1 is 1.05 bits per heavy atom. The van der Waals surface area contributed by atoms with Crippen LogP contribution in [-0.2, 0) is 32.1 Å². The number of benzene rings is 2. The summed E-state index contributed by atoms with van der Waals surface area (Å²) in [5.74, 6) is -1.63. The molecular formula is C36H39FO7. The number of Topliss-reactive ketones (excluding diaryl/α,β-unsaturated/α-hetero) is 1. The minimum absolute atomic E-state index is 0.0159. The van der Waals surface area contributed by atoms with Crippen molar-refractivity contribution >= 4 is 11.6 Å². The van der Waals surface area contributed by atoms with Gasteiger partial charge < -0.3 is 24.8 Å². The molecule has 3 saturated carbocycles. The van der Waals surface area contributed by atoms with Gasteiger partial charge in [-0.1, -0.05) is 67.1 Å². The monoisotopic (exact) mass is 602 g/mol. The summed E-state index contributed by atoms with van der Waals surface area (Å²) in [6.45, 7) is 2.88. The number of ketones is 2. The van der Waals surface area contributed by atoms with E-state index in [-0.39, 0.29) is 24.7 Å². The minimum Gasteiger partial charge on any atom is -0.392 e. The number of aliphatic hydroxyl groups is 3. The fourth-order valence-electron chi connectivity index (χ4n) is 9.59. The second-order valence-electron chi connectivity index (χ2n) is 13.8. The van der Waals surface area contributed by atoms with E-state index >= 15 is 4.39 Å². The molecule has 8 heteroatoms. The molecule has 4 fully saturated rings. The van der Waals surface area contributed by atoms with Crippen molar-refractivity contribution in [1.82, 2.24) is 0 Å². The molecule has 0 bridgehead atoms. The molecule has 7 nitrogen and oxygen atoms in total. The number of alkyl halides is 1. The van der Waals surface area contributed by atoms with Crippen LogP contribution in [-0.4, -0.2) is 57.0 Å². The molecule has 9 atom stereocenters. The van der Waals surface area contributed by atoms with Crippen molar-refractivity contribution in [3.63, 3.8) is 0 Å². The molecule has 0 radical (unpaired) electrons. The number of halogens is 1. The fraction of sp³-hybridized carbons (Fsp3) is 0.500. The number of rotatable bonds is 6. The molecular weight excluding hydrogens is 563 g/mol. The third-order valence-electron chi connectivity index (χ3n) is 11.8. The van der Waals surface area contributed by atoms with Crippen LogP contribution in [0, 0.1) is 22.7 Å². The maximum Gasteiger partial charge on any atom is 0.193 e. The highest BCUT2D eigenvalue weighted by Crippen LogP contribution is 2.72. The molecule has 232 valence electrons. The van der Waals surface area contributed by atoms with Gasteiger partial charge in [-0.25, -0.2) is 4.39 Å². The van der Waals surface area contributed by atoms with E-state index in [2.05, 4.69) is 0 Å². The van der Waals surface area contributed by atoms with Crippen LogP contribution in [0.4, 0.5) is 4.39 Å². The van der Waals surface area contributed by atoms with Crippen LogP contribution >= 0.6 is 0 Å². The van der Waals surface area contributed by atoms with Gasteiger partial charge in [-0.15, -0.1) is 0 Å². The number of hydrogen-bond acceptors (Lipinski definition) is 7. The van der Waals surface area contributed by atoms with Crippen molar-refractivity contribution in [3.05, 3.63) is 94.6 Å². The van der Waals surface area contributed by atoms with Gasteiger partial charge in [0.25, 0.3) is 0 Å². The summed E-state index contributed by atoms with van der Waals surface area (Å²) in [5.41, 5.74) is -1.29. The van der Waals surface area contributed by atoms with Crippen molar-refractivity contribution in [2.75, 3.05) is 6.61 Å². The first kappa shape index (κ1) is 29.7. The SMILES string of the molecule is C[C@]12C=CC(=O)C=C1CC[C@H]1[C@@H]3C[C@H]4O[C@@H](c5ccc(Cc6cccc(CO)c6)cc5)O[C@@]4(C(=O)CO)[C@@]3(C)C[C@H](O)[C@@]12F. The molecule has 0 unspecified atom stereocenters. The Balaban J connectivity index is 1.18. The van der Waals surface area contributed by atoms with Gasteiger partial charge in [0.15, 0.2) is 29.1 Å². The molecule has 4 aliphatic carbocycles. The first-order chi connectivity index (χ1) is 21.0. The van der Waals surface area contributed by atoms with Crippen molar-refractivity contribution in [3.8, 4) is 0 Å². The minimum atomic E-state index is -2.04. The number of carbonyl (C=O) groups excluding carboxylic acids is 2. The Hall–Kier alpha value is -3.01.